The molecule has 2 aromatic carbocycles. The van der Waals surface area contributed by atoms with Crippen LogP contribution in [0.2, 0.25) is 5.02 Å². The average molecular weight is 378 g/mol. The van der Waals surface area contributed by atoms with Gasteiger partial charge in [-0.15, -0.1) is 0 Å². The Kier molecular flexibility index (Phi) is 4.74. The van der Waals surface area contributed by atoms with Crippen molar-refractivity contribution in [1.29, 1.82) is 0 Å². The van der Waals surface area contributed by atoms with Crippen molar-refractivity contribution in [3.8, 4) is 0 Å². The Morgan fingerprint density at radius 2 is 1.86 bits per heavy atom. The molecule has 6 heteroatoms. The lowest BCUT2D eigenvalue weighted by atomic mass is 10.0. The van der Waals surface area contributed by atoms with Crippen LogP contribution in [0.5, 0.6) is 0 Å². The topological polar surface area (TPSA) is 17.1 Å². The zero-order valence-corrected chi connectivity index (χ0v) is 12.9. The van der Waals surface area contributed by atoms with E-state index in [0.717, 1.165) is 12.1 Å². The molecule has 0 spiro atoms. The van der Waals surface area contributed by atoms with Crippen LogP contribution < -0.4 is 0 Å². The summed E-state index contributed by atoms with van der Waals surface area (Å²) in [6, 6.07) is 9.42. The maximum atomic E-state index is 12.6. The van der Waals surface area contributed by atoms with Gasteiger partial charge in [-0.05, 0) is 45.8 Å². The van der Waals surface area contributed by atoms with Crippen LogP contribution in [0.3, 0.4) is 0 Å². The smallest absolute Gasteiger partial charge is 0.294 e. The van der Waals surface area contributed by atoms with E-state index in [0.29, 0.717) is 20.6 Å². The van der Waals surface area contributed by atoms with Gasteiger partial charge in [0.05, 0.1) is 10.6 Å². The van der Waals surface area contributed by atoms with Gasteiger partial charge in [0.25, 0.3) is 0 Å². The summed E-state index contributed by atoms with van der Waals surface area (Å²) in [5.74, 6) is -0.272. The SMILES string of the molecule is O=C(Cc1cccc(C(F)(F)F)c1)c1ccc(Cl)c(Br)c1. The minimum absolute atomic E-state index is 0.0992. The van der Waals surface area contributed by atoms with Gasteiger partial charge in [0, 0.05) is 16.5 Å². The number of alkyl halides is 3. The minimum Gasteiger partial charge on any atom is -0.294 e. The molecule has 0 aromatic heterocycles. The maximum absolute atomic E-state index is 12.6. The number of ketones is 1. The third kappa shape index (κ3) is 4.08. The summed E-state index contributed by atoms with van der Waals surface area (Å²) in [5.41, 5.74) is -0.0466. The first kappa shape index (κ1) is 16.0. The molecule has 0 heterocycles. The van der Waals surface area contributed by atoms with Crippen molar-refractivity contribution in [2.75, 3.05) is 0 Å². The maximum Gasteiger partial charge on any atom is 0.416 e. The van der Waals surface area contributed by atoms with Gasteiger partial charge >= 0.3 is 6.18 Å². The van der Waals surface area contributed by atoms with Crippen molar-refractivity contribution in [3.63, 3.8) is 0 Å². The number of carbonyl (C=O) groups excluding carboxylic acids is 1. The molecule has 0 saturated heterocycles. The first-order valence-electron chi connectivity index (χ1n) is 5.92. The van der Waals surface area contributed by atoms with Crippen LogP contribution in [-0.4, -0.2) is 5.78 Å². The number of hydrogen-bond donors (Lipinski definition) is 0. The molecule has 0 radical (unpaired) electrons. The molecular weight excluding hydrogens is 369 g/mol. The number of hydrogen-bond acceptors (Lipinski definition) is 1. The van der Waals surface area contributed by atoms with Crippen molar-refractivity contribution in [2.45, 2.75) is 12.6 Å². The molecule has 0 amide bonds. The van der Waals surface area contributed by atoms with Gasteiger partial charge in [-0.2, -0.15) is 13.2 Å². The molecule has 110 valence electrons. The van der Waals surface area contributed by atoms with E-state index in [4.69, 9.17) is 11.6 Å². The number of carbonyl (C=O) groups is 1. The normalized spacial score (nSPS) is 11.5. The fraction of sp³-hybridized carbons (Fsp3) is 0.133. The van der Waals surface area contributed by atoms with Crippen molar-refractivity contribution in [3.05, 3.63) is 68.7 Å². The number of rotatable bonds is 3. The van der Waals surface area contributed by atoms with Gasteiger partial charge < -0.3 is 0 Å². The predicted molar refractivity (Wildman–Crippen MR) is 78.6 cm³/mol. The molecule has 0 aliphatic rings. The highest BCUT2D eigenvalue weighted by molar-refractivity contribution is 9.10. The summed E-state index contributed by atoms with van der Waals surface area (Å²) in [6.45, 7) is 0. The van der Waals surface area contributed by atoms with Crippen molar-refractivity contribution >= 4 is 33.3 Å². The van der Waals surface area contributed by atoms with Gasteiger partial charge in [-0.25, -0.2) is 0 Å². The Hall–Kier alpha value is -1.33. The molecule has 0 atom stereocenters. The third-order valence-corrected chi connectivity index (χ3v) is 4.07. The standard InChI is InChI=1S/C15H9BrClF3O/c16-12-8-10(4-5-13(12)17)14(21)7-9-2-1-3-11(6-9)15(18,19)20/h1-6,8H,7H2. The Morgan fingerprint density at radius 1 is 1.14 bits per heavy atom. The summed E-state index contributed by atoms with van der Waals surface area (Å²) < 4.78 is 38.4. The summed E-state index contributed by atoms with van der Waals surface area (Å²) in [5, 5.41) is 0.464. The van der Waals surface area contributed by atoms with Crippen LogP contribution in [0.4, 0.5) is 13.2 Å². The summed E-state index contributed by atoms with van der Waals surface area (Å²) in [6.07, 6.45) is -4.51. The van der Waals surface area contributed by atoms with Crippen LogP contribution in [0, 0.1) is 0 Å². The highest BCUT2D eigenvalue weighted by atomic mass is 79.9. The van der Waals surface area contributed by atoms with E-state index in [1.165, 1.54) is 12.1 Å². The molecule has 2 rings (SSSR count). The van der Waals surface area contributed by atoms with Gasteiger partial charge in [0.15, 0.2) is 5.78 Å². The van der Waals surface area contributed by atoms with E-state index in [9.17, 15) is 18.0 Å². The molecule has 0 aliphatic heterocycles. The Balaban J connectivity index is 2.21. The molecule has 0 unspecified atom stereocenters. The van der Waals surface area contributed by atoms with Crippen LogP contribution >= 0.6 is 27.5 Å². The first-order valence-corrected chi connectivity index (χ1v) is 7.09. The lowest BCUT2D eigenvalue weighted by molar-refractivity contribution is -0.137. The molecule has 1 nitrogen and oxygen atoms in total. The van der Waals surface area contributed by atoms with Crippen molar-refractivity contribution in [1.82, 2.24) is 0 Å². The number of halogens is 5. The fourth-order valence-corrected chi connectivity index (χ4v) is 2.31. The second-order valence-corrected chi connectivity index (χ2v) is 5.69. The Morgan fingerprint density at radius 3 is 2.48 bits per heavy atom. The summed E-state index contributed by atoms with van der Waals surface area (Å²) >= 11 is 9.04. The zero-order chi connectivity index (χ0) is 15.6. The van der Waals surface area contributed by atoms with Crippen molar-refractivity contribution in [2.24, 2.45) is 0 Å². The van der Waals surface area contributed by atoms with Crippen LogP contribution in [-0.2, 0) is 12.6 Å². The second kappa shape index (κ2) is 6.20. The Bertz CT molecular complexity index is 683. The summed E-state index contributed by atoms with van der Waals surface area (Å²) in [7, 11) is 0. The molecule has 0 aliphatic carbocycles. The van der Waals surface area contributed by atoms with E-state index in [-0.39, 0.29) is 12.2 Å². The van der Waals surface area contributed by atoms with Crippen molar-refractivity contribution < 1.29 is 18.0 Å². The Labute approximate surface area is 132 Å². The lowest BCUT2D eigenvalue weighted by Gasteiger charge is -2.08. The lowest BCUT2D eigenvalue weighted by Crippen LogP contribution is -2.08. The quantitative estimate of drug-likeness (QED) is 0.641. The fourth-order valence-electron chi connectivity index (χ4n) is 1.81. The molecule has 0 bridgehead atoms. The zero-order valence-electron chi connectivity index (χ0n) is 10.5. The van der Waals surface area contributed by atoms with Gasteiger partial charge in [0.1, 0.15) is 0 Å². The molecule has 0 fully saturated rings. The predicted octanol–water partition coefficient (Wildman–Crippen LogP) is 5.55. The van der Waals surface area contributed by atoms with Gasteiger partial charge in [-0.3, -0.25) is 4.79 Å². The first-order chi connectivity index (χ1) is 9.77. The minimum atomic E-state index is -4.41. The number of Topliss-reactive ketones (excluding diaryl/α,β-unsaturated/α-hetero) is 1. The van der Waals surface area contributed by atoms with E-state index < -0.39 is 11.7 Å². The highest BCUT2D eigenvalue weighted by Gasteiger charge is 2.30. The van der Waals surface area contributed by atoms with E-state index >= 15 is 0 Å². The molecule has 2 aromatic rings. The molecule has 0 N–H and O–H groups in total. The van der Waals surface area contributed by atoms with Gasteiger partial charge in [0.2, 0.25) is 0 Å². The van der Waals surface area contributed by atoms with E-state index in [2.05, 4.69) is 15.9 Å². The largest absolute Gasteiger partial charge is 0.416 e. The molecule has 21 heavy (non-hydrogen) atoms. The average Bonchev–Trinajstić information content (AvgIpc) is 2.41. The second-order valence-electron chi connectivity index (χ2n) is 4.43. The summed E-state index contributed by atoms with van der Waals surface area (Å²) in [4.78, 5) is 12.1. The van der Waals surface area contributed by atoms with E-state index in [1.54, 1.807) is 18.2 Å². The van der Waals surface area contributed by atoms with E-state index in [1.807, 2.05) is 0 Å². The van der Waals surface area contributed by atoms with Crippen LogP contribution in [0.15, 0.2) is 46.9 Å². The highest BCUT2D eigenvalue weighted by Crippen LogP contribution is 2.30. The monoisotopic (exact) mass is 376 g/mol. The molecular formula is C15H9BrClF3O. The van der Waals surface area contributed by atoms with Gasteiger partial charge in [-0.1, -0.05) is 29.8 Å². The molecule has 0 saturated carbocycles. The van der Waals surface area contributed by atoms with Crippen LogP contribution in [0.1, 0.15) is 21.5 Å². The third-order valence-electron chi connectivity index (χ3n) is 2.86. The van der Waals surface area contributed by atoms with Crippen LogP contribution in [0.25, 0.3) is 0 Å². The number of benzene rings is 2.